The van der Waals surface area contributed by atoms with Gasteiger partial charge in [0.1, 0.15) is 5.82 Å². The summed E-state index contributed by atoms with van der Waals surface area (Å²) in [5.41, 5.74) is 0.667. The molecule has 0 saturated carbocycles. The van der Waals surface area contributed by atoms with Crippen LogP contribution in [0.15, 0.2) is 47.4 Å². The van der Waals surface area contributed by atoms with Gasteiger partial charge in [-0.1, -0.05) is 12.1 Å². The maximum absolute atomic E-state index is 13.5. The first kappa shape index (κ1) is 16.6. The molecular weight excluding hydrogens is 329 g/mol. The van der Waals surface area contributed by atoms with E-state index >= 15 is 0 Å². The Labute approximate surface area is 144 Å². The molecule has 0 atom stereocenters. The van der Waals surface area contributed by atoms with Gasteiger partial charge < -0.3 is 14.8 Å². The van der Waals surface area contributed by atoms with Gasteiger partial charge in [-0.15, -0.1) is 11.8 Å². The number of amides is 1. The Morgan fingerprint density at radius 1 is 1.12 bits per heavy atom. The third-order valence-electron chi connectivity index (χ3n) is 3.45. The lowest BCUT2D eigenvalue weighted by molar-refractivity contribution is -0.115. The first-order valence-electron chi connectivity index (χ1n) is 7.79. The summed E-state index contributed by atoms with van der Waals surface area (Å²) >= 11 is 1.33. The number of carbonyl (C=O) groups excluding carboxylic acids is 1. The molecule has 0 aliphatic carbocycles. The van der Waals surface area contributed by atoms with Gasteiger partial charge in [-0.25, -0.2) is 4.39 Å². The molecule has 1 aliphatic rings. The number of carbonyl (C=O) groups is 1. The third-order valence-corrected chi connectivity index (χ3v) is 4.50. The van der Waals surface area contributed by atoms with Crippen molar-refractivity contribution in [1.82, 2.24) is 0 Å². The van der Waals surface area contributed by atoms with Crippen LogP contribution < -0.4 is 14.8 Å². The van der Waals surface area contributed by atoms with Gasteiger partial charge in [0.2, 0.25) is 5.91 Å². The number of rotatable bonds is 5. The van der Waals surface area contributed by atoms with Gasteiger partial charge in [0.15, 0.2) is 11.5 Å². The third kappa shape index (κ3) is 4.41. The summed E-state index contributed by atoms with van der Waals surface area (Å²) in [6.07, 6.45) is 1.14. The summed E-state index contributed by atoms with van der Waals surface area (Å²) in [6, 6.07) is 11.9. The summed E-state index contributed by atoms with van der Waals surface area (Å²) in [6.45, 7) is 1.23. The zero-order chi connectivity index (χ0) is 16.8. The van der Waals surface area contributed by atoms with Gasteiger partial charge in [-0.3, -0.25) is 4.79 Å². The average Bonchev–Trinajstić information content (AvgIpc) is 2.81. The number of halogens is 1. The maximum atomic E-state index is 13.5. The second-order valence-corrected chi connectivity index (χ2v) is 6.43. The van der Waals surface area contributed by atoms with Crippen LogP contribution in [0.2, 0.25) is 0 Å². The molecule has 1 N–H and O–H groups in total. The van der Waals surface area contributed by atoms with Gasteiger partial charge in [0.05, 0.1) is 13.2 Å². The summed E-state index contributed by atoms with van der Waals surface area (Å²) in [4.78, 5) is 12.6. The van der Waals surface area contributed by atoms with Crippen LogP contribution in [0.1, 0.15) is 12.8 Å². The minimum Gasteiger partial charge on any atom is -0.490 e. The number of benzene rings is 2. The van der Waals surface area contributed by atoms with Crippen LogP contribution in [-0.2, 0) is 4.79 Å². The van der Waals surface area contributed by atoms with E-state index in [-0.39, 0.29) is 11.7 Å². The van der Waals surface area contributed by atoms with Crippen molar-refractivity contribution in [2.24, 2.45) is 0 Å². The van der Waals surface area contributed by atoms with Crippen molar-refractivity contribution in [1.29, 1.82) is 0 Å². The van der Waals surface area contributed by atoms with Crippen molar-refractivity contribution < 1.29 is 18.7 Å². The first-order chi connectivity index (χ1) is 11.7. The molecule has 2 aromatic carbocycles. The molecule has 1 aliphatic heterocycles. The molecule has 3 rings (SSSR count). The van der Waals surface area contributed by atoms with E-state index in [0.29, 0.717) is 47.5 Å². The maximum Gasteiger partial charge on any atom is 0.225 e. The standard InChI is InChI=1S/C18H18FNO3S/c19-14-4-1-2-5-17(14)24-11-8-18(21)20-13-6-7-15-16(12-13)23-10-3-9-22-15/h1-2,4-7,12H,3,8-11H2,(H,20,21). The fraction of sp³-hybridized carbons (Fsp3) is 0.278. The second-order valence-electron chi connectivity index (χ2n) is 5.29. The fourth-order valence-corrected chi connectivity index (χ4v) is 3.17. The molecule has 24 heavy (non-hydrogen) atoms. The SMILES string of the molecule is O=C(CCSc1ccccc1F)Nc1ccc2c(c1)OCCCO2. The summed E-state index contributed by atoms with van der Waals surface area (Å²) < 4.78 is 24.7. The van der Waals surface area contributed by atoms with Crippen molar-refractivity contribution in [3.63, 3.8) is 0 Å². The number of hydrogen-bond acceptors (Lipinski definition) is 4. The van der Waals surface area contributed by atoms with E-state index in [1.54, 1.807) is 36.4 Å². The molecule has 0 aromatic heterocycles. The van der Waals surface area contributed by atoms with Gasteiger partial charge >= 0.3 is 0 Å². The summed E-state index contributed by atoms with van der Waals surface area (Å²) in [5.74, 6) is 1.47. The first-order valence-corrected chi connectivity index (χ1v) is 8.78. The van der Waals surface area contributed by atoms with E-state index in [0.717, 1.165) is 6.42 Å². The van der Waals surface area contributed by atoms with Crippen molar-refractivity contribution in [3.8, 4) is 11.5 Å². The van der Waals surface area contributed by atoms with Gasteiger partial charge in [0, 0.05) is 35.2 Å². The predicted molar refractivity (Wildman–Crippen MR) is 92.4 cm³/mol. The van der Waals surface area contributed by atoms with E-state index in [1.165, 1.54) is 17.8 Å². The molecule has 0 spiro atoms. The topological polar surface area (TPSA) is 47.6 Å². The fourth-order valence-electron chi connectivity index (χ4n) is 2.28. The lowest BCUT2D eigenvalue weighted by Gasteiger charge is -2.10. The lowest BCUT2D eigenvalue weighted by Crippen LogP contribution is -2.12. The Balaban J connectivity index is 1.52. The number of hydrogen-bond donors (Lipinski definition) is 1. The van der Waals surface area contributed by atoms with E-state index in [4.69, 9.17) is 9.47 Å². The molecule has 0 bridgehead atoms. The lowest BCUT2D eigenvalue weighted by atomic mass is 10.2. The van der Waals surface area contributed by atoms with E-state index in [1.807, 2.05) is 0 Å². The molecule has 0 unspecified atom stereocenters. The Kier molecular flexibility index (Phi) is 5.59. The van der Waals surface area contributed by atoms with Crippen LogP contribution in [0, 0.1) is 5.82 Å². The van der Waals surface area contributed by atoms with E-state index < -0.39 is 0 Å². The molecule has 1 amide bonds. The Bertz CT molecular complexity index is 723. The number of thioether (sulfide) groups is 1. The Morgan fingerprint density at radius 3 is 2.75 bits per heavy atom. The summed E-state index contributed by atoms with van der Waals surface area (Å²) in [5, 5.41) is 2.83. The monoisotopic (exact) mass is 347 g/mol. The average molecular weight is 347 g/mol. The molecule has 0 fully saturated rings. The number of fused-ring (bicyclic) bond motifs is 1. The van der Waals surface area contributed by atoms with Crippen LogP contribution in [0.4, 0.5) is 10.1 Å². The van der Waals surface area contributed by atoms with Crippen LogP contribution in [-0.4, -0.2) is 24.9 Å². The summed E-state index contributed by atoms with van der Waals surface area (Å²) in [7, 11) is 0. The second kappa shape index (κ2) is 8.06. The zero-order valence-corrected chi connectivity index (χ0v) is 13.9. The molecular formula is C18H18FNO3S. The van der Waals surface area contributed by atoms with E-state index in [9.17, 15) is 9.18 Å². The van der Waals surface area contributed by atoms with E-state index in [2.05, 4.69) is 5.32 Å². The highest BCUT2D eigenvalue weighted by Crippen LogP contribution is 2.32. The Morgan fingerprint density at radius 2 is 1.92 bits per heavy atom. The molecule has 4 nitrogen and oxygen atoms in total. The van der Waals surface area contributed by atoms with Crippen molar-refractivity contribution in [2.45, 2.75) is 17.7 Å². The highest BCUT2D eigenvalue weighted by atomic mass is 32.2. The minimum absolute atomic E-state index is 0.117. The van der Waals surface area contributed by atoms with Crippen molar-refractivity contribution in [3.05, 3.63) is 48.3 Å². The Hall–Kier alpha value is -2.21. The van der Waals surface area contributed by atoms with Gasteiger partial charge in [-0.2, -0.15) is 0 Å². The van der Waals surface area contributed by atoms with Crippen LogP contribution >= 0.6 is 11.8 Å². The number of nitrogens with one attached hydrogen (secondary N) is 1. The van der Waals surface area contributed by atoms with Crippen molar-refractivity contribution in [2.75, 3.05) is 24.3 Å². The highest BCUT2D eigenvalue weighted by molar-refractivity contribution is 7.99. The smallest absolute Gasteiger partial charge is 0.225 e. The minimum atomic E-state index is -0.259. The molecule has 0 saturated heterocycles. The van der Waals surface area contributed by atoms with Gasteiger partial charge in [-0.05, 0) is 24.3 Å². The van der Waals surface area contributed by atoms with Crippen LogP contribution in [0.25, 0.3) is 0 Å². The van der Waals surface area contributed by atoms with Crippen LogP contribution in [0.3, 0.4) is 0 Å². The highest BCUT2D eigenvalue weighted by Gasteiger charge is 2.12. The zero-order valence-electron chi connectivity index (χ0n) is 13.1. The molecule has 1 heterocycles. The molecule has 2 aromatic rings. The molecule has 6 heteroatoms. The molecule has 126 valence electrons. The quantitative estimate of drug-likeness (QED) is 0.827. The largest absolute Gasteiger partial charge is 0.490 e. The van der Waals surface area contributed by atoms with Crippen molar-refractivity contribution >= 4 is 23.4 Å². The van der Waals surface area contributed by atoms with Crippen LogP contribution in [0.5, 0.6) is 11.5 Å². The van der Waals surface area contributed by atoms with Gasteiger partial charge in [0.25, 0.3) is 0 Å². The number of anilines is 1. The number of ether oxygens (including phenoxy) is 2. The normalized spacial score (nSPS) is 13.2. The predicted octanol–water partition coefficient (Wildman–Crippen LogP) is 4.11. The molecule has 0 radical (unpaired) electrons.